The molecule has 0 fully saturated rings. The normalized spacial score (nSPS) is 20.4. The Morgan fingerprint density at radius 3 is 1.25 bits per heavy atom. The predicted molar refractivity (Wildman–Crippen MR) is 109 cm³/mol. The van der Waals surface area contributed by atoms with Gasteiger partial charge in [-0.3, -0.25) is 20.1 Å². The standard InChI is InChI=1S/C16H32N2O8S2/c1-13(25-23,15(17,11(19)20)7-9-27-3)5-6-14(2,26-24)16(18,12(21)22)8-10-28-4/h23-24H,5-10,17-18H2,1-4H3,(H,19,20)(H,21,22). The van der Waals surface area contributed by atoms with Gasteiger partial charge in [0.15, 0.2) is 0 Å². The molecule has 0 aromatic rings. The molecule has 0 aromatic heterocycles. The molecule has 0 rings (SSSR count). The van der Waals surface area contributed by atoms with Gasteiger partial charge in [-0.1, -0.05) is 0 Å². The maximum atomic E-state index is 11.8. The highest BCUT2D eigenvalue weighted by molar-refractivity contribution is 7.98. The molecule has 0 aliphatic heterocycles. The molecule has 4 unspecified atom stereocenters. The summed E-state index contributed by atoms with van der Waals surface area (Å²) in [6.45, 7) is 2.61. The molecule has 28 heavy (non-hydrogen) atoms. The van der Waals surface area contributed by atoms with E-state index in [-0.39, 0.29) is 25.7 Å². The quantitative estimate of drug-likeness (QED) is 0.157. The fourth-order valence-corrected chi connectivity index (χ4v) is 3.95. The molecule has 0 saturated heterocycles. The fourth-order valence-electron chi connectivity index (χ4n) is 2.90. The first-order valence-corrected chi connectivity index (χ1v) is 11.3. The van der Waals surface area contributed by atoms with Crippen LogP contribution in [-0.2, 0) is 19.4 Å². The van der Waals surface area contributed by atoms with Gasteiger partial charge in [0.2, 0.25) is 0 Å². The summed E-state index contributed by atoms with van der Waals surface area (Å²) < 4.78 is 0. The highest BCUT2D eigenvalue weighted by Crippen LogP contribution is 2.39. The van der Waals surface area contributed by atoms with E-state index in [1.54, 1.807) is 12.5 Å². The summed E-state index contributed by atoms with van der Waals surface area (Å²) in [7, 11) is 0. The van der Waals surface area contributed by atoms with Gasteiger partial charge in [-0.2, -0.15) is 23.5 Å². The molecule has 0 aliphatic rings. The third-order valence-corrected chi connectivity index (χ3v) is 6.76. The van der Waals surface area contributed by atoms with E-state index in [9.17, 15) is 30.3 Å². The van der Waals surface area contributed by atoms with Crippen LogP contribution in [0.15, 0.2) is 0 Å². The average Bonchev–Trinajstić information content (AvgIpc) is 2.67. The summed E-state index contributed by atoms with van der Waals surface area (Å²) in [4.78, 5) is 32.7. The van der Waals surface area contributed by atoms with Gasteiger partial charge >= 0.3 is 11.9 Å². The van der Waals surface area contributed by atoms with Crippen LogP contribution in [0.3, 0.4) is 0 Å². The van der Waals surface area contributed by atoms with Crippen molar-refractivity contribution in [1.29, 1.82) is 0 Å². The summed E-state index contributed by atoms with van der Waals surface area (Å²) in [6, 6.07) is 0. The zero-order valence-corrected chi connectivity index (χ0v) is 18.3. The van der Waals surface area contributed by atoms with Crippen molar-refractivity contribution in [3.8, 4) is 0 Å². The lowest BCUT2D eigenvalue weighted by atomic mass is 9.70. The summed E-state index contributed by atoms with van der Waals surface area (Å²) >= 11 is 2.75. The minimum atomic E-state index is -1.97. The van der Waals surface area contributed by atoms with Crippen LogP contribution in [0.4, 0.5) is 0 Å². The molecule has 0 aromatic carbocycles. The summed E-state index contributed by atoms with van der Waals surface area (Å²) in [5.74, 6) is -1.99. The lowest BCUT2D eigenvalue weighted by Gasteiger charge is -2.45. The van der Waals surface area contributed by atoms with E-state index in [0.717, 1.165) is 0 Å². The van der Waals surface area contributed by atoms with Crippen molar-refractivity contribution in [2.24, 2.45) is 11.5 Å². The van der Waals surface area contributed by atoms with Gasteiger partial charge in [0.25, 0.3) is 0 Å². The second-order valence-electron chi connectivity index (χ2n) is 7.18. The summed E-state index contributed by atoms with van der Waals surface area (Å²) in [5.41, 5.74) is 4.63. The molecule has 0 spiro atoms. The highest BCUT2D eigenvalue weighted by atomic mass is 32.2. The minimum absolute atomic E-state index is 0.0174. The van der Waals surface area contributed by atoms with Gasteiger partial charge in [-0.05, 0) is 63.5 Å². The van der Waals surface area contributed by atoms with Crippen molar-refractivity contribution in [3.63, 3.8) is 0 Å². The molecule has 0 saturated carbocycles. The zero-order valence-electron chi connectivity index (χ0n) is 16.6. The Kier molecular flexibility index (Phi) is 10.7. The first-order chi connectivity index (χ1) is 12.8. The molecule has 0 amide bonds. The van der Waals surface area contributed by atoms with Crippen LogP contribution in [0.1, 0.15) is 39.5 Å². The maximum Gasteiger partial charge on any atom is 0.326 e. The molecule has 0 radical (unpaired) electrons. The Hall–Kier alpha value is -0.600. The minimum Gasteiger partial charge on any atom is -0.480 e. The third kappa shape index (κ3) is 5.51. The molecule has 0 bridgehead atoms. The number of nitrogens with two attached hydrogens (primary N) is 2. The fraction of sp³-hybridized carbons (Fsp3) is 0.875. The van der Waals surface area contributed by atoms with Crippen LogP contribution in [0.2, 0.25) is 0 Å². The molecular formula is C16H32N2O8S2. The van der Waals surface area contributed by atoms with Gasteiger partial charge < -0.3 is 21.7 Å². The van der Waals surface area contributed by atoms with Crippen molar-refractivity contribution in [3.05, 3.63) is 0 Å². The van der Waals surface area contributed by atoms with Crippen LogP contribution < -0.4 is 11.5 Å². The van der Waals surface area contributed by atoms with E-state index in [2.05, 4.69) is 9.78 Å². The van der Waals surface area contributed by atoms with E-state index in [0.29, 0.717) is 11.5 Å². The Balaban J connectivity index is 5.85. The van der Waals surface area contributed by atoms with Crippen molar-refractivity contribution < 1.29 is 40.1 Å². The number of thioether (sulfide) groups is 2. The summed E-state index contributed by atoms with van der Waals surface area (Å²) in [6.07, 6.45) is 3.02. The van der Waals surface area contributed by atoms with E-state index >= 15 is 0 Å². The molecule has 12 heteroatoms. The third-order valence-electron chi connectivity index (χ3n) is 5.53. The number of hydrogen-bond acceptors (Lipinski definition) is 10. The predicted octanol–water partition coefficient (Wildman–Crippen LogP) is 1.33. The number of carboxylic acids is 2. The van der Waals surface area contributed by atoms with Gasteiger partial charge in [0.1, 0.15) is 22.3 Å². The Bertz CT molecular complexity index is 497. The Morgan fingerprint density at radius 2 is 1.07 bits per heavy atom. The lowest BCUT2D eigenvalue weighted by molar-refractivity contribution is -0.354. The molecule has 166 valence electrons. The number of carbonyl (C=O) groups is 2. The smallest absolute Gasteiger partial charge is 0.326 e. The van der Waals surface area contributed by atoms with E-state index in [4.69, 9.17) is 11.5 Å². The van der Waals surface area contributed by atoms with Gasteiger partial charge in [-0.25, -0.2) is 9.78 Å². The molecule has 0 heterocycles. The van der Waals surface area contributed by atoms with E-state index in [1.165, 1.54) is 37.4 Å². The number of aliphatic carboxylic acids is 2. The van der Waals surface area contributed by atoms with Crippen molar-refractivity contribution in [2.45, 2.75) is 61.8 Å². The van der Waals surface area contributed by atoms with Gasteiger partial charge in [0.05, 0.1) is 0 Å². The van der Waals surface area contributed by atoms with Crippen LogP contribution >= 0.6 is 23.5 Å². The first-order valence-electron chi connectivity index (χ1n) is 8.51. The highest BCUT2D eigenvalue weighted by Gasteiger charge is 2.57. The van der Waals surface area contributed by atoms with Gasteiger partial charge in [0, 0.05) is 0 Å². The van der Waals surface area contributed by atoms with Gasteiger partial charge in [-0.15, -0.1) is 0 Å². The molecular weight excluding hydrogens is 412 g/mol. The summed E-state index contributed by atoms with van der Waals surface area (Å²) in [5, 5.41) is 38.3. The molecule has 8 N–H and O–H groups in total. The van der Waals surface area contributed by atoms with Crippen LogP contribution in [-0.4, -0.2) is 79.0 Å². The number of hydrogen-bond donors (Lipinski definition) is 6. The van der Waals surface area contributed by atoms with Crippen molar-refractivity contribution in [1.82, 2.24) is 0 Å². The van der Waals surface area contributed by atoms with Crippen LogP contribution in [0.25, 0.3) is 0 Å². The van der Waals surface area contributed by atoms with E-state index < -0.39 is 34.2 Å². The number of rotatable bonds is 15. The largest absolute Gasteiger partial charge is 0.480 e. The van der Waals surface area contributed by atoms with Crippen LogP contribution in [0.5, 0.6) is 0 Å². The molecule has 0 aliphatic carbocycles. The first kappa shape index (κ1) is 27.4. The number of carboxylic acid groups (broad SMARTS) is 2. The van der Waals surface area contributed by atoms with E-state index in [1.807, 2.05) is 0 Å². The molecule has 4 atom stereocenters. The zero-order chi connectivity index (χ0) is 22.2. The second-order valence-corrected chi connectivity index (χ2v) is 9.15. The Labute approximate surface area is 173 Å². The SMILES string of the molecule is CSCCC(N)(C(=O)O)C(C)(CCC(C)(OO)C(N)(CCSC)C(=O)O)OO. The maximum absolute atomic E-state index is 11.8. The van der Waals surface area contributed by atoms with Crippen molar-refractivity contribution in [2.75, 3.05) is 24.0 Å². The lowest BCUT2D eigenvalue weighted by Crippen LogP contribution is -2.68. The van der Waals surface area contributed by atoms with Crippen molar-refractivity contribution >= 4 is 35.5 Å². The topological polar surface area (TPSA) is 186 Å². The van der Waals surface area contributed by atoms with Crippen LogP contribution in [0, 0.1) is 0 Å². The second kappa shape index (κ2) is 11.0. The molecule has 10 nitrogen and oxygen atoms in total. The Morgan fingerprint density at radius 1 is 0.786 bits per heavy atom. The monoisotopic (exact) mass is 444 g/mol. The average molecular weight is 445 g/mol.